The molecule has 1 atom stereocenters. The summed E-state index contributed by atoms with van der Waals surface area (Å²) < 4.78 is 4.76. The molecule has 0 aliphatic heterocycles. The van der Waals surface area contributed by atoms with Crippen molar-refractivity contribution in [3.8, 4) is 0 Å². The summed E-state index contributed by atoms with van der Waals surface area (Å²) in [5.74, 6) is -1.51. The number of rotatable bonds is 5. The van der Waals surface area contributed by atoms with Crippen molar-refractivity contribution >= 4 is 11.9 Å². The number of carboxylic acid groups (broad SMARTS) is 1. The molecule has 0 aliphatic carbocycles. The monoisotopic (exact) mass is 240 g/mol. The summed E-state index contributed by atoms with van der Waals surface area (Å²) in [4.78, 5) is 22.6. The molecule has 6 nitrogen and oxygen atoms in total. The molecule has 1 aromatic rings. The Balaban J connectivity index is 2.59. The number of carboxylic acids is 1. The van der Waals surface area contributed by atoms with E-state index in [4.69, 9.17) is 9.63 Å². The maximum Gasteiger partial charge on any atom is 0.308 e. The van der Waals surface area contributed by atoms with Crippen LogP contribution in [0, 0.1) is 18.8 Å². The lowest BCUT2D eigenvalue weighted by Gasteiger charge is -2.16. The quantitative estimate of drug-likeness (QED) is 0.803. The Hall–Kier alpha value is -1.85. The Morgan fingerprint density at radius 1 is 1.53 bits per heavy atom. The van der Waals surface area contributed by atoms with Crippen LogP contribution in [-0.2, 0) is 4.79 Å². The Bertz CT molecular complexity index is 411. The van der Waals surface area contributed by atoms with E-state index < -0.39 is 11.9 Å². The van der Waals surface area contributed by atoms with Crippen LogP contribution < -0.4 is 5.32 Å². The molecule has 0 aromatic carbocycles. The Morgan fingerprint density at radius 2 is 2.18 bits per heavy atom. The fraction of sp³-hybridized carbons (Fsp3) is 0.545. The van der Waals surface area contributed by atoms with Crippen LogP contribution in [0.2, 0.25) is 0 Å². The van der Waals surface area contributed by atoms with E-state index in [2.05, 4.69) is 10.5 Å². The fourth-order valence-electron chi connectivity index (χ4n) is 1.42. The van der Waals surface area contributed by atoms with E-state index in [1.807, 2.05) is 0 Å². The Morgan fingerprint density at radius 3 is 2.59 bits per heavy atom. The van der Waals surface area contributed by atoms with Crippen molar-refractivity contribution in [2.45, 2.75) is 20.8 Å². The first-order chi connectivity index (χ1) is 7.93. The fourth-order valence-corrected chi connectivity index (χ4v) is 1.42. The van der Waals surface area contributed by atoms with Crippen LogP contribution in [0.1, 0.15) is 30.0 Å². The van der Waals surface area contributed by atoms with Crippen molar-refractivity contribution in [3.63, 3.8) is 0 Å². The van der Waals surface area contributed by atoms with Gasteiger partial charge in [0, 0.05) is 6.54 Å². The third-order valence-electron chi connectivity index (χ3n) is 2.60. The van der Waals surface area contributed by atoms with Crippen LogP contribution in [-0.4, -0.2) is 28.7 Å². The lowest BCUT2D eigenvalue weighted by molar-refractivity contribution is -0.142. The summed E-state index contributed by atoms with van der Waals surface area (Å²) in [7, 11) is 0. The van der Waals surface area contributed by atoms with E-state index in [-0.39, 0.29) is 18.4 Å². The van der Waals surface area contributed by atoms with Gasteiger partial charge in [-0.15, -0.1) is 0 Å². The van der Waals surface area contributed by atoms with Gasteiger partial charge in [-0.25, -0.2) is 0 Å². The van der Waals surface area contributed by atoms with Crippen molar-refractivity contribution in [3.05, 3.63) is 17.5 Å². The number of nitrogens with one attached hydrogen (secondary N) is 1. The Kier molecular flexibility index (Phi) is 4.25. The molecule has 0 spiro atoms. The summed E-state index contributed by atoms with van der Waals surface area (Å²) in [5, 5.41) is 15.0. The second kappa shape index (κ2) is 5.47. The first-order valence-corrected chi connectivity index (χ1v) is 5.35. The highest BCUT2D eigenvalue weighted by atomic mass is 16.5. The molecule has 0 saturated carbocycles. The van der Waals surface area contributed by atoms with E-state index in [1.165, 1.54) is 6.20 Å². The highest BCUT2D eigenvalue weighted by Crippen LogP contribution is 2.11. The highest BCUT2D eigenvalue weighted by molar-refractivity contribution is 5.94. The molecule has 0 bridgehead atoms. The molecule has 1 heterocycles. The summed E-state index contributed by atoms with van der Waals surface area (Å²) in [6.45, 7) is 5.32. The van der Waals surface area contributed by atoms with Gasteiger partial charge in [0.15, 0.2) is 0 Å². The average molecular weight is 240 g/mol. The van der Waals surface area contributed by atoms with Gasteiger partial charge < -0.3 is 14.9 Å². The number of carbonyl (C=O) groups excluding carboxylic acids is 1. The largest absolute Gasteiger partial charge is 0.481 e. The first-order valence-electron chi connectivity index (χ1n) is 5.35. The van der Waals surface area contributed by atoms with E-state index >= 15 is 0 Å². The Labute approximate surface area is 99.0 Å². The predicted octanol–water partition coefficient (Wildman–Crippen LogP) is 1.07. The van der Waals surface area contributed by atoms with E-state index in [9.17, 15) is 9.59 Å². The molecular weight excluding hydrogens is 224 g/mol. The molecule has 0 saturated heterocycles. The number of amides is 1. The van der Waals surface area contributed by atoms with E-state index in [1.54, 1.807) is 20.8 Å². The van der Waals surface area contributed by atoms with Gasteiger partial charge in [-0.1, -0.05) is 19.0 Å². The van der Waals surface area contributed by atoms with Crippen molar-refractivity contribution in [1.82, 2.24) is 10.5 Å². The van der Waals surface area contributed by atoms with Crippen LogP contribution in [0.15, 0.2) is 10.7 Å². The number of aryl methyl sites for hydroxylation is 1. The van der Waals surface area contributed by atoms with Gasteiger partial charge in [-0.3, -0.25) is 9.59 Å². The lowest BCUT2D eigenvalue weighted by Crippen LogP contribution is -2.35. The van der Waals surface area contributed by atoms with Crippen LogP contribution >= 0.6 is 0 Å². The van der Waals surface area contributed by atoms with Gasteiger partial charge in [0.25, 0.3) is 5.91 Å². The molecule has 17 heavy (non-hydrogen) atoms. The maximum atomic E-state index is 11.7. The van der Waals surface area contributed by atoms with E-state index in [0.29, 0.717) is 11.3 Å². The van der Waals surface area contributed by atoms with Gasteiger partial charge >= 0.3 is 5.97 Å². The first kappa shape index (κ1) is 13.2. The molecule has 0 aliphatic rings. The molecule has 94 valence electrons. The summed E-state index contributed by atoms with van der Waals surface area (Å²) >= 11 is 0. The molecule has 1 aromatic heterocycles. The van der Waals surface area contributed by atoms with Gasteiger partial charge in [0.2, 0.25) is 0 Å². The lowest BCUT2D eigenvalue weighted by atomic mass is 9.96. The number of nitrogens with zero attached hydrogens (tertiary/aromatic N) is 1. The van der Waals surface area contributed by atoms with Gasteiger partial charge in [-0.2, -0.15) is 0 Å². The third kappa shape index (κ3) is 3.30. The molecule has 2 N–H and O–H groups in total. The summed E-state index contributed by atoms with van der Waals surface area (Å²) in [5.41, 5.74) is 0.331. The minimum atomic E-state index is -0.914. The van der Waals surface area contributed by atoms with Crippen LogP contribution in [0.5, 0.6) is 0 Å². The van der Waals surface area contributed by atoms with Crippen LogP contribution in [0.25, 0.3) is 0 Å². The smallest absolute Gasteiger partial charge is 0.308 e. The average Bonchev–Trinajstić information content (AvgIpc) is 2.63. The molecular formula is C11H16N2O4. The number of hydrogen-bond acceptors (Lipinski definition) is 4. The number of aliphatic carboxylic acids is 1. The number of aromatic nitrogens is 1. The van der Waals surface area contributed by atoms with Gasteiger partial charge in [-0.05, 0) is 12.8 Å². The number of hydrogen-bond donors (Lipinski definition) is 2. The zero-order valence-corrected chi connectivity index (χ0v) is 10.1. The molecule has 0 fully saturated rings. The van der Waals surface area contributed by atoms with Gasteiger partial charge in [0.1, 0.15) is 11.3 Å². The van der Waals surface area contributed by atoms with Crippen molar-refractivity contribution in [1.29, 1.82) is 0 Å². The second-order valence-corrected chi connectivity index (χ2v) is 4.19. The summed E-state index contributed by atoms with van der Waals surface area (Å²) in [6.07, 6.45) is 1.32. The number of carbonyl (C=O) groups is 2. The zero-order chi connectivity index (χ0) is 13.0. The zero-order valence-electron chi connectivity index (χ0n) is 10.1. The topological polar surface area (TPSA) is 92.4 Å². The molecule has 0 radical (unpaired) electrons. The second-order valence-electron chi connectivity index (χ2n) is 4.19. The SMILES string of the molecule is Cc1oncc1C(=O)NCC(C(=O)O)C(C)C. The maximum absolute atomic E-state index is 11.7. The van der Waals surface area contributed by atoms with Crippen molar-refractivity contribution < 1.29 is 19.2 Å². The van der Waals surface area contributed by atoms with Crippen molar-refractivity contribution in [2.24, 2.45) is 11.8 Å². The molecule has 1 amide bonds. The third-order valence-corrected chi connectivity index (χ3v) is 2.60. The standard InChI is InChI=1S/C11H16N2O4/c1-6(2)8(11(15)16)4-12-10(14)9-5-13-17-7(9)3/h5-6,8H,4H2,1-3H3,(H,12,14)(H,15,16). The molecule has 1 unspecified atom stereocenters. The summed E-state index contributed by atoms with van der Waals surface area (Å²) in [6, 6.07) is 0. The van der Waals surface area contributed by atoms with Gasteiger partial charge in [0.05, 0.1) is 12.1 Å². The minimum absolute atomic E-state index is 0.0450. The molecule has 1 rings (SSSR count). The minimum Gasteiger partial charge on any atom is -0.481 e. The van der Waals surface area contributed by atoms with Crippen LogP contribution in [0.4, 0.5) is 0 Å². The normalized spacial score (nSPS) is 12.5. The molecule has 6 heteroatoms. The van der Waals surface area contributed by atoms with E-state index in [0.717, 1.165) is 0 Å². The highest BCUT2D eigenvalue weighted by Gasteiger charge is 2.23. The van der Waals surface area contributed by atoms with Crippen LogP contribution in [0.3, 0.4) is 0 Å². The van der Waals surface area contributed by atoms with Crippen molar-refractivity contribution in [2.75, 3.05) is 6.54 Å². The predicted molar refractivity (Wildman–Crippen MR) is 59.5 cm³/mol.